The smallest absolute Gasteiger partial charge is 0.308 e. The number of hydrogen-bond donors (Lipinski definition) is 0. The van der Waals surface area contributed by atoms with Crippen LogP contribution in [0.2, 0.25) is 0 Å². The molecule has 1 atom stereocenters. The molecule has 0 fully saturated rings. The van der Waals surface area contributed by atoms with Gasteiger partial charge in [-0.05, 0) is 19.3 Å². The van der Waals surface area contributed by atoms with Crippen LogP contribution < -0.4 is 0 Å². The summed E-state index contributed by atoms with van der Waals surface area (Å²) in [6, 6.07) is 0. The molecule has 0 aromatic heterocycles. The first kappa shape index (κ1) is 9.47. The zero-order chi connectivity index (χ0) is 8.15. The van der Waals surface area contributed by atoms with Gasteiger partial charge in [0.15, 0.2) is 0 Å². The topological polar surface area (TPSA) is 26.3 Å². The molecule has 0 spiro atoms. The van der Waals surface area contributed by atoms with Crippen LogP contribution in [0.1, 0.15) is 20.3 Å². The Morgan fingerprint density at radius 3 is 2.40 bits per heavy atom. The summed E-state index contributed by atoms with van der Waals surface area (Å²) in [7, 11) is 1.35. The van der Waals surface area contributed by atoms with Crippen molar-refractivity contribution in [1.29, 1.82) is 0 Å². The fraction of sp³-hybridized carbons (Fsp3) is 0.750. The third-order valence-corrected chi connectivity index (χ3v) is 1.23. The lowest BCUT2D eigenvalue weighted by Gasteiger charge is -2.09. The van der Waals surface area contributed by atoms with E-state index >= 15 is 0 Å². The highest BCUT2D eigenvalue weighted by Crippen LogP contribution is 2.11. The van der Waals surface area contributed by atoms with E-state index in [9.17, 15) is 4.79 Å². The van der Waals surface area contributed by atoms with Gasteiger partial charge in [-0.2, -0.15) is 0 Å². The van der Waals surface area contributed by atoms with Gasteiger partial charge in [-0.3, -0.25) is 4.79 Å². The number of hydrogen-bond acceptors (Lipinski definition) is 2. The third kappa shape index (κ3) is 3.49. The molecular weight excluding hydrogens is 128 g/mol. The summed E-state index contributed by atoms with van der Waals surface area (Å²) in [5.74, 6) is -0.340. The molecule has 10 heavy (non-hydrogen) atoms. The van der Waals surface area contributed by atoms with Gasteiger partial charge in [0.25, 0.3) is 0 Å². The Kier molecular flexibility index (Phi) is 4.08. The Labute approximate surface area is 62.6 Å². The van der Waals surface area contributed by atoms with Crippen molar-refractivity contribution in [2.75, 3.05) is 7.11 Å². The Bertz CT molecular complexity index is 108. The van der Waals surface area contributed by atoms with Crippen LogP contribution in [0.15, 0.2) is 0 Å². The Balaban J connectivity index is 3.61. The average molecular weight is 142 g/mol. The molecule has 0 aromatic rings. The number of carbonyl (C=O) groups excluding carboxylic acids is 1. The molecule has 2 nitrogen and oxygen atoms in total. The first-order valence-electron chi connectivity index (χ1n) is 3.41. The van der Waals surface area contributed by atoms with Crippen molar-refractivity contribution < 1.29 is 9.53 Å². The molecule has 0 saturated carbocycles. The Morgan fingerprint density at radius 2 is 2.10 bits per heavy atom. The summed E-state index contributed by atoms with van der Waals surface area (Å²) in [5.41, 5.74) is 0. The van der Waals surface area contributed by atoms with Crippen LogP contribution >= 0.6 is 0 Å². The maximum Gasteiger partial charge on any atom is 0.308 e. The second kappa shape index (κ2) is 4.31. The van der Waals surface area contributed by atoms with E-state index in [1.807, 2.05) is 13.8 Å². The predicted octanol–water partition coefficient (Wildman–Crippen LogP) is 1.53. The largest absolute Gasteiger partial charge is 0.469 e. The van der Waals surface area contributed by atoms with Crippen LogP contribution in [0.3, 0.4) is 0 Å². The van der Waals surface area contributed by atoms with Gasteiger partial charge in [0.2, 0.25) is 0 Å². The van der Waals surface area contributed by atoms with Gasteiger partial charge in [0.05, 0.1) is 13.0 Å². The fourth-order valence-corrected chi connectivity index (χ4v) is 0.755. The van der Waals surface area contributed by atoms with E-state index in [4.69, 9.17) is 6.92 Å². The number of esters is 1. The Hall–Kier alpha value is -0.530. The lowest BCUT2D eigenvalue weighted by molar-refractivity contribution is -0.144. The van der Waals surface area contributed by atoms with Gasteiger partial charge in [-0.15, -0.1) is 0 Å². The molecule has 0 aliphatic heterocycles. The predicted molar refractivity (Wildman–Crippen MR) is 39.3 cm³/mol. The molecule has 0 bridgehead atoms. The summed E-state index contributed by atoms with van der Waals surface area (Å²) in [6.07, 6.45) is 0.687. The summed E-state index contributed by atoms with van der Waals surface area (Å²) < 4.78 is 4.45. The third-order valence-electron chi connectivity index (χ3n) is 1.23. The number of rotatable bonds is 3. The maximum atomic E-state index is 10.7. The van der Waals surface area contributed by atoms with E-state index in [0.717, 1.165) is 0 Å². The highest BCUT2D eigenvalue weighted by Gasteiger charge is 2.14. The minimum Gasteiger partial charge on any atom is -0.469 e. The molecule has 0 aliphatic rings. The van der Waals surface area contributed by atoms with E-state index in [1.54, 1.807) is 0 Å². The van der Waals surface area contributed by atoms with Gasteiger partial charge in [-0.25, -0.2) is 0 Å². The van der Waals surface area contributed by atoms with E-state index in [0.29, 0.717) is 12.3 Å². The summed E-state index contributed by atoms with van der Waals surface area (Å²) in [5, 5.41) is 0. The number of carbonyl (C=O) groups is 1. The molecule has 0 aliphatic carbocycles. The van der Waals surface area contributed by atoms with Gasteiger partial charge in [0.1, 0.15) is 0 Å². The van der Waals surface area contributed by atoms with E-state index in [-0.39, 0.29) is 5.97 Å². The molecule has 0 amide bonds. The van der Waals surface area contributed by atoms with Crippen molar-refractivity contribution in [2.45, 2.75) is 20.3 Å². The molecule has 58 valence electrons. The second-order valence-corrected chi connectivity index (χ2v) is 2.76. The number of ether oxygens (including phenoxy) is 1. The van der Waals surface area contributed by atoms with Crippen molar-refractivity contribution in [1.82, 2.24) is 0 Å². The highest BCUT2D eigenvalue weighted by molar-refractivity contribution is 5.72. The van der Waals surface area contributed by atoms with Crippen LogP contribution in [0.4, 0.5) is 0 Å². The van der Waals surface area contributed by atoms with Crippen molar-refractivity contribution in [3.8, 4) is 0 Å². The summed E-state index contributed by atoms with van der Waals surface area (Å²) in [6.45, 7) is 9.49. The molecule has 0 aromatic carbocycles. The van der Waals surface area contributed by atoms with E-state index < -0.39 is 5.92 Å². The van der Waals surface area contributed by atoms with Crippen molar-refractivity contribution in [3.05, 3.63) is 6.92 Å². The zero-order valence-electron chi connectivity index (χ0n) is 6.76. The van der Waals surface area contributed by atoms with Crippen molar-refractivity contribution >= 4 is 5.97 Å². The molecule has 1 unspecified atom stereocenters. The van der Waals surface area contributed by atoms with Crippen LogP contribution in [0.25, 0.3) is 0 Å². The molecule has 0 rings (SSSR count). The van der Waals surface area contributed by atoms with Gasteiger partial charge in [-0.1, -0.05) is 13.8 Å². The van der Waals surface area contributed by atoms with E-state index in [2.05, 4.69) is 4.74 Å². The van der Waals surface area contributed by atoms with Gasteiger partial charge >= 0.3 is 5.97 Å². The zero-order valence-corrected chi connectivity index (χ0v) is 6.76. The quantitative estimate of drug-likeness (QED) is 0.558. The first-order valence-corrected chi connectivity index (χ1v) is 3.41. The standard InChI is InChI=1S/C8H14O2/c1-6(2)5-7(3)8(9)10-4/h3,6-7H,5H2,1-2,4H3. The summed E-state index contributed by atoms with van der Waals surface area (Å²) in [4.78, 5) is 10.7. The lowest BCUT2D eigenvalue weighted by atomic mass is 9.99. The first-order chi connectivity index (χ1) is 4.57. The van der Waals surface area contributed by atoms with Crippen LogP contribution in [0.5, 0.6) is 0 Å². The summed E-state index contributed by atoms with van der Waals surface area (Å²) >= 11 is 0. The fourth-order valence-electron chi connectivity index (χ4n) is 0.755. The maximum absolute atomic E-state index is 10.7. The molecule has 0 N–H and O–H groups in total. The SMILES string of the molecule is [CH]C(CC(C)C)C(=O)OC. The minimum atomic E-state index is -0.454. The number of methoxy groups -OCH3 is 1. The van der Waals surface area contributed by atoms with Crippen LogP contribution in [0, 0.1) is 18.8 Å². The van der Waals surface area contributed by atoms with Crippen LogP contribution in [-0.4, -0.2) is 13.1 Å². The molecule has 0 heterocycles. The highest BCUT2D eigenvalue weighted by atomic mass is 16.5. The van der Waals surface area contributed by atoms with Gasteiger partial charge in [0, 0.05) is 0 Å². The molecule has 2 radical (unpaired) electrons. The minimum absolute atomic E-state index is 0.325. The Morgan fingerprint density at radius 1 is 1.60 bits per heavy atom. The normalized spacial score (nSPS) is 13.3. The van der Waals surface area contributed by atoms with Crippen molar-refractivity contribution in [3.63, 3.8) is 0 Å². The lowest BCUT2D eigenvalue weighted by Crippen LogP contribution is -2.14. The van der Waals surface area contributed by atoms with Crippen molar-refractivity contribution in [2.24, 2.45) is 11.8 Å². The average Bonchev–Trinajstić information content (AvgIpc) is 1.85. The molecular formula is C8H14O2. The van der Waals surface area contributed by atoms with Crippen LogP contribution in [-0.2, 0) is 9.53 Å². The molecule has 2 heteroatoms. The second-order valence-electron chi connectivity index (χ2n) is 2.76. The molecule has 0 saturated heterocycles. The van der Waals surface area contributed by atoms with Gasteiger partial charge < -0.3 is 4.74 Å². The van der Waals surface area contributed by atoms with E-state index in [1.165, 1.54) is 7.11 Å². The monoisotopic (exact) mass is 142 g/mol.